The van der Waals surface area contributed by atoms with E-state index in [2.05, 4.69) is 0 Å². The zero-order valence-corrected chi connectivity index (χ0v) is 6.94. The van der Waals surface area contributed by atoms with Crippen molar-refractivity contribution in [3.05, 3.63) is 0 Å². The topological polar surface area (TPSA) is 17.1 Å². The summed E-state index contributed by atoms with van der Waals surface area (Å²) in [6.45, 7) is 0. The summed E-state index contributed by atoms with van der Waals surface area (Å²) in [6.07, 6.45) is 2.90. The molecular formula is C11H12O. The van der Waals surface area contributed by atoms with E-state index in [1.54, 1.807) is 0 Å². The highest BCUT2D eigenvalue weighted by molar-refractivity contribution is 5.91. The SMILES string of the molecule is O=C1[C@H]2[C@@H]3C[C@@H]4[C@@H]5C[C@H]([C@H]1[C@@H]53)[C@H]42. The molecule has 0 radical (unpaired) electrons. The predicted octanol–water partition coefficient (Wildman–Crippen LogP) is 1.33. The number of Topliss-reactive ketones (excluding diaryl/α,β-unsaturated/α-hetero) is 1. The average molecular weight is 160 g/mol. The van der Waals surface area contributed by atoms with Gasteiger partial charge in [-0.1, -0.05) is 0 Å². The van der Waals surface area contributed by atoms with Crippen molar-refractivity contribution in [1.82, 2.24) is 0 Å². The van der Waals surface area contributed by atoms with Gasteiger partial charge in [0.2, 0.25) is 0 Å². The fourth-order valence-electron chi connectivity index (χ4n) is 6.24. The quantitative estimate of drug-likeness (QED) is 0.522. The van der Waals surface area contributed by atoms with Crippen molar-refractivity contribution in [2.24, 2.45) is 47.3 Å². The van der Waals surface area contributed by atoms with Crippen molar-refractivity contribution >= 4 is 5.78 Å². The van der Waals surface area contributed by atoms with Gasteiger partial charge >= 0.3 is 0 Å². The molecule has 8 atom stereocenters. The molecule has 0 aromatic rings. The summed E-state index contributed by atoms with van der Waals surface area (Å²) in [5.41, 5.74) is 0. The first kappa shape index (κ1) is 5.41. The molecule has 6 rings (SSSR count). The largest absolute Gasteiger partial charge is 0.299 e. The van der Waals surface area contributed by atoms with Crippen LogP contribution >= 0.6 is 0 Å². The number of hydrogen-bond acceptors (Lipinski definition) is 1. The second-order valence-corrected chi connectivity index (χ2v) is 5.74. The third-order valence-electron chi connectivity index (χ3n) is 6.03. The molecule has 0 amide bonds. The maximum absolute atomic E-state index is 11.9. The van der Waals surface area contributed by atoms with E-state index in [1.165, 1.54) is 12.8 Å². The standard InChI is InChI=1S/C11H12O/c12-11-9-5-1-3-4-2-6(7(3)9)10(11)8(4)5/h3-10H,1-2H2/t3-,4+,5-,6+,7-,8-,9-,10-/m0/s1. The fourth-order valence-corrected chi connectivity index (χ4v) is 6.24. The van der Waals surface area contributed by atoms with E-state index in [1.807, 2.05) is 0 Å². The Labute approximate surface area is 71.5 Å². The molecule has 6 bridgehead atoms. The van der Waals surface area contributed by atoms with Crippen LogP contribution in [0, 0.1) is 47.3 Å². The van der Waals surface area contributed by atoms with Gasteiger partial charge in [0.25, 0.3) is 0 Å². The first-order chi connectivity index (χ1) is 5.88. The van der Waals surface area contributed by atoms with Crippen LogP contribution in [0.1, 0.15) is 12.8 Å². The van der Waals surface area contributed by atoms with E-state index < -0.39 is 0 Å². The summed E-state index contributed by atoms with van der Waals surface area (Å²) in [4.78, 5) is 11.9. The smallest absolute Gasteiger partial charge is 0.140 e. The number of rotatable bonds is 0. The molecule has 1 heteroatoms. The molecule has 62 valence electrons. The van der Waals surface area contributed by atoms with Gasteiger partial charge in [-0.2, -0.15) is 0 Å². The van der Waals surface area contributed by atoms with E-state index in [4.69, 9.17) is 0 Å². The first-order valence-electron chi connectivity index (χ1n) is 5.41. The Morgan fingerprint density at radius 1 is 0.833 bits per heavy atom. The molecular weight excluding hydrogens is 148 g/mol. The highest BCUT2D eigenvalue weighted by Crippen LogP contribution is 2.81. The molecule has 6 aliphatic carbocycles. The molecule has 12 heavy (non-hydrogen) atoms. The monoisotopic (exact) mass is 160 g/mol. The summed E-state index contributed by atoms with van der Waals surface area (Å²) >= 11 is 0. The van der Waals surface area contributed by atoms with Crippen LogP contribution in [0.3, 0.4) is 0 Å². The van der Waals surface area contributed by atoms with E-state index in [-0.39, 0.29) is 0 Å². The summed E-state index contributed by atoms with van der Waals surface area (Å²) in [7, 11) is 0. The zero-order chi connectivity index (χ0) is 7.61. The lowest BCUT2D eigenvalue weighted by molar-refractivity contribution is -0.122. The lowest BCUT2D eigenvalue weighted by atomic mass is 9.71. The van der Waals surface area contributed by atoms with Gasteiger partial charge in [-0.3, -0.25) is 4.79 Å². The lowest BCUT2D eigenvalue weighted by Crippen LogP contribution is -2.30. The van der Waals surface area contributed by atoms with Crippen molar-refractivity contribution in [3.8, 4) is 0 Å². The molecule has 6 aliphatic rings. The van der Waals surface area contributed by atoms with Gasteiger partial charge in [-0.15, -0.1) is 0 Å². The summed E-state index contributed by atoms with van der Waals surface area (Å²) in [5.74, 6) is 7.54. The minimum absolute atomic E-state index is 0.591. The van der Waals surface area contributed by atoms with E-state index in [0.29, 0.717) is 17.6 Å². The van der Waals surface area contributed by atoms with Gasteiger partial charge < -0.3 is 0 Å². The normalized spacial score (nSPS) is 79.2. The minimum atomic E-state index is 0.591. The molecule has 1 nitrogen and oxygen atoms in total. The summed E-state index contributed by atoms with van der Waals surface area (Å²) < 4.78 is 0. The molecule has 0 aromatic carbocycles. The van der Waals surface area contributed by atoms with Crippen LogP contribution in [0.25, 0.3) is 0 Å². The molecule has 0 N–H and O–H groups in total. The highest BCUT2D eigenvalue weighted by Gasteiger charge is 2.80. The van der Waals surface area contributed by atoms with Crippen LogP contribution in [-0.4, -0.2) is 5.78 Å². The Kier molecular flexibility index (Phi) is 0.547. The number of hydrogen-bond donors (Lipinski definition) is 0. The molecule has 0 heterocycles. The minimum Gasteiger partial charge on any atom is -0.299 e. The van der Waals surface area contributed by atoms with Crippen LogP contribution < -0.4 is 0 Å². The molecule has 0 spiro atoms. The van der Waals surface area contributed by atoms with Gasteiger partial charge in [0.15, 0.2) is 0 Å². The zero-order valence-electron chi connectivity index (χ0n) is 6.94. The van der Waals surface area contributed by atoms with Crippen molar-refractivity contribution < 1.29 is 4.79 Å². The first-order valence-corrected chi connectivity index (χ1v) is 5.41. The van der Waals surface area contributed by atoms with E-state index in [0.717, 1.165) is 35.5 Å². The van der Waals surface area contributed by atoms with Gasteiger partial charge in [0, 0.05) is 11.8 Å². The lowest BCUT2D eigenvalue weighted by Gasteiger charge is -2.32. The van der Waals surface area contributed by atoms with Crippen LogP contribution in [0.2, 0.25) is 0 Å². The van der Waals surface area contributed by atoms with Crippen LogP contribution in [0.5, 0.6) is 0 Å². The maximum Gasteiger partial charge on any atom is 0.140 e. The Morgan fingerprint density at radius 3 is 1.83 bits per heavy atom. The Hall–Kier alpha value is -0.330. The third kappa shape index (κ3) is 0.272. The van der Waals surface area contributed by atoms with Crippen molar-refractivity contribution in [3.63, 3.8) is 0 Å². The fraction of sp³-hybridized carbons (Fsp3) is 0.909. The molecule has 0 saturated heterocycles. The second kappa shape index (κ2) is 1.21. The Bertz CT molecular complexity index is 291. The van der Waals surface area contributed by atoms with Crippen LogP contribution in [0.15, 0.2) is 0 Å². The van der Waals surface area contributed by atoms with Gasteiger partial charge in [0.1, 0.15) is 5.78 Å². The molecule has 6 saturated carbocycles. The van der Waals surface area contributed by atoms with Gasteiger partial charge in [-0.05, 0) is 48.3 Å². The maximum atomic E-state index is 11.9. The van der Waals surface area contributed by atoms with E-state index in [9.17, 15) is 4.79 Å². The van der Waals surface area contributed by atoms with Gasteiger partial charge in [0.05, 0.1) is 0 Å². The second-order valence-electron chi connectivity index (χ2n) is 5.74. The predicted molar refractivity (Wildman–Crippen MR) is 42.2 cm³/mol. The third-order valence-corrected chi connectivity index (χ3v) is 6.03. The summed E-state index contributed by atoms with van der Waals surface area (Å²) in [6, 6.07) is 0. The molecule has 0 aliphatic heterocycles. The Morgan fingerprint density at radius 2 is 1.33 bits per heavy atom. The number of ketones is 1. The van der Waals surface area contributed by atoms with Crippen LogP contribution in [-0.2, 0) is 4.79 Å². The van der Waals surface area contributed by atoms with Crippen molar-refractivity contribution in [2.45, 2.75) is 12.8 Å². The molecule has 0 aromatic heterocycles. The molecule has 0 unspecified atom stereocenters. The van der Waals surface area contributed by atoms with E-state index >= 15 is 0 Å². The van der Waals surface area contributed by atoms with Crippen molar-refractivity contribution in [2.75, 3.05) is 0 Å². The Balaban J connectivity index is 1.94. The molecule has 6 fully saturated rings. The number of carbonyl (C=O) groups is 1. The average Bonchev–Trinajstić information content (AvgIpc) is 2.68. The van der Waals surface area contributed by atoms with Gasteiger partial charge in [-0.25, -0.2) is 0 Å². The number of carbonyl (C=O) groups excluding carboxylic acids is 1. The summed E-state index contributed by atoms with van der Waals surface area (Å²) in [5, 5.41) is 0. The van der Waals surface area contributed by atoms with Crippen LogP contribution in [0.4, 0.5) is 0 Å². The highest BCUT2D eigenvalue weighted by atomic mass is 16.1. The van der Waals surface area contributed by atoms with Crippen molar-refractivity contribution in [1.29, 1.82) is 0 Å².